The molecule has 0 aliphatic heterocycles. The van der Waals surface area contributed by atoms with E-state index in [-0.39, 0.29) is 12.1 Å². The van der Waals surface area contributed by atoms with Crippen LogP contribution in [-0.2, 0) is 0 Å². The van der Waals surface area contributed by atoms with Gasteiger partial charge in [-0.05, 0) is 31.1 Å². The summed E-state index contributed by atoms with van der Waals surface area (Å²) in [5.74, 6) is 0. The second kappa shape index (κ2) is 2.71. The van der Waals surface area contributed by atoms with Gasteiger partial charge in [-0.25, -0.2) is 0 Å². The molecule has 70 valence electrons. The molecule has 2 saturated carbocycles. The Morgan fingerprint density at radius 3 is 2.25 bits per heavy atom. The van der Waals surface area contributed by atoms with Crippen molar-refractivity contribution < 1.29 is 5.11 Å². The van der Waals surface area contributed by atoms with Crippen molar-refractivity contribution in [1.29, 1.82) is 0 Å². The maximum atomic E-state index is 9.33. The van der Waals surface area contributed by atoms with E-state index in [1.807, 2.05) is 0 Å². The first-order valence-corrected chi connectivity index (χ1v) is 5.12. The first-order chi connectivity index (χ1) is 5.72. The molecule has 0 aromatic heterocycles. The fourth-order valence-corrected chi connectivity index (χ4v) is 2.74. The summed E-state index contributed by atoms with van der Waals surface area (Å²) in [6, 6.07) is 0. The van der Waals surface area contributed by atoms with Crippen LogP contribution in [0.15, 0.2) is 0 Å². The van der Waals surface area contributed by atoms with Gasteiger partial charge in [-0.3, -0.25) is 0 Å². The minimum absolute atomic E-state index is 0.188. The molecule has 0 saturated heterocycles. The fraction of sp³-hybridized carbons (Fsp3) is 1.00. The average Bonchev–Trinajstić information content (AvgIpc) is 2.86. The van der Waals surface area contributed by atoms with E-state index in [1.54, 1.807) is 0 Å². The molecule has 2 aliphatic rings. The molecule has 1 spiro atoms. The largest absolute Gasteiger partial charge is 0.394 e. The van der Waals surface area contributed by atoms with Crippen molar-refractivity contribution >= 4 is 0 Å². The van der Waals surface area contributed by atoms with Gasteiger partial charge in [-0.2, -0.15) is 0 Å². The lowest BCUT2D eigenvalue weighted by molar-refractivity contribution is 0.117. The molecular weight excluding hydrogens is 150 g/mol. The van der Waals surface area contributed by atoms with Crippen molar-refractivity contribution in [2.24, 2.45) is 11.1 Å². The lowest BCUT2D eigenvalue weighted by Crippen LogP contribution is -2.51. The summed E-state index contributed by atoms with van der Waals surface area (Å²) in [7, 11) is 0. The van der Waals surface area contributed by atoms with Gasteiger partial charge in [0.2, 0.25) is 0 Å². The van der Waals surface area contributed by atoms with E-state index in [2.05, 4.69) is 0 Å². The molecule has 0 aromatic rings. The van der Waals surface area contributed by atoms with Crippen molar-refractivity contribution in [2.45, 2.75) is 50.5 Å². The third-order valence-corrected chi connectivity index (χ3v) is 3.97. The Hall–Kier alpha value is -0.0800. The van der Waals surface area contributed by atoms with Crippen LogP contribution in [0.25, 0.3) is 0 Å². The highest BCUT2D eigenvalue weighted by Crippen LogP contribution is 2.59. The Morgan fingerprint density at radius 2 is 1.67 bits per heavy atom. The van der Waals surface area contributed by atoms with Crippen LogP contribution in [0.5, 0.6) is 0 Å². The minimum atomic E-state index is -0.233. The first kappa shape index (κ1) is 8.52. The van der Waals surface area contributed by atoms with Crippen molar-refractivity contribution in [2.75, 3.05) is 6.61 Å². The molecule has 2 aliphatic carbocycles. The molecule has 0 radical (unpaired) electrons. The minimum Gasteiger partial charge on any atom is -0.394 e. The number of hydrogen-bond donors (Lipinski definition) is 2. The molecule has 0 bridgehead atoms. The second-order valence-electron chi connectivity index (χ2n) is 4.66. The van der Waals surface area contributed by atoms with Gasteiger partial charge in [0.1, 0.15) is 0 Å². The number of aliphatic hydroxyl groups excluding tert-OH is 1. The molecule has 0 aromatic carbocycles. The Morgan fingerprint density at radius 1 is 1.00 bits per heavy atom. The highest BCUT2D eigenvalue weighted by Gasteiger charge is 2.56. The first-order valence-electron chi connectivity index (χ1n) is 5.12. The highest BCUT2D eigenvalue weighted by molar-refractivity contribution is 5.11. The van der Waals surface area contributed by atoms with Crippen LogP contribution in [0.4, 0.5) is 0 Å². The van der Waals surface area contributed by atoms with Crippen LogP contribution >= 0.6 is 0 Å². The summed E-state index contributed by atoms with van der Waals surface area (Å²) in [6.45, 7) is 0.188. The van der Waals surface area contributed by atoms with E-state index < -0.39 is 0 Å². The number of aliphatic hydroxyl groups is 1. The van der Waals surface area contributed by atoms with Crippen LogP contribution in [0, 0.1) is 5.41 Å². The molecule has 0 amide bonds. The molecule has 2 nitrogen and oxygen atoms in total. The zero-order chi connectivity index (χ0) is 8.66. The molecule has 2 fully saturated rings. The molecular formula is C10H19NO. The topological polar surface area (TPSA) is 46.2 Å². The molecule has 2 heteroatoms. The molecule has 0 heterocycles. The molecule has 3 N–H and O–H groups in total. The number of nitrogens with two attached hydrogens (primary N) is 1. The van der Waals surface area contributed by atoms with Gasteiger partial charge < -0.3 is 10.8 Å². The summed E-state index contributed by atoms with van der Waals surface area (Å²) in [6.07, 6.45) is 8.63. The van der Waals surface area contributed by atoms with Gasteiger partial charge in [0.05, 0.1) is 6.61 Å². The maximum absolute atomic E-state index is 9.33. The Kier molecular flexibility index (Phi) is 1.92. The Bertz CT molecular complexity index is 177. The lowest BCUT2D eigenvalue weighted by atomic mass is 9.78. The molecule has 2 rings (SSSR count). The van der Waals surface area contributed by atoms with Crippen LogP contribution in [0.1, 0.15) is 44.9 Å². The zero-order valence-corrected chi connectivity index (χ0v) is 7.68. The maximum Gasteiger partial charge on any atom is 0.0616 e. The third kappa shape index (κ3) is 1.09. The van der Waals surface area contributed by atoms with E-state index >= 15 is 0 Å². The van der Waals surface area contributed by atoms with Crippen LogP contribution < -0.4 is 5.73 Å². The van der Waals surface area contributed by atoms with E-state index in [1.165, 1.54) is 38.5 Å². The summed E-state index contributed by atoms with van der Waals surface area (Å²) in [5, 5.41) is 9.33. The van der Waals surface area contributed by atoms with Gasteiger partial charge in [0, 0.05) is 5.54 Å². The Balaban J connectivity index is 2.16. The summed E-state index contributed by atoms with van der Waals surface area (Å²) in [4.78, 5) is 0. The van der Waals surface area contributed by atoms with Gasteiger partial charge in [0.15, 0.2) is 0 Å². The van der Waals surface area contributed by atoms with Crippen molar-refractivity contribution in [1.82, 2.24) is 0 Å². The normalized spacial score (nSPS) is 39.5. The van der Waals surface area contributed by atoms with Gasteiger partial charge in [-0.1, -0.05) is 19.3 Å². The van der Waals surface area contributed by atoms with Crippen LogP contribution in [0.2, 0.25) is 0 Å². The standard InChI is InChI=1S/C10H19NO/c11-10(8-12)5-3-1-2-4-9(10)6-7-9/h12H,1-8,11H2. The number of rotatable bonds is 1. The molecule has 1 unspecified atom stereocenters. The summed E-state index contributed by atoms with van der Waals surface area (Å²) in [5.41, 5.74) is 6.36. The summed E-state index contributed by atoms with van der Waals surface area (Å²) >= 11 is 0. The quantitative estimate of drug-likeness (QED) is 0.623. The fourth-order valence-electron chi connectivity index (χ4n) is 2.74. The predicted octanol–water partition coefficient (Wildman–Crippen LogP) is 1.42. The summed E-state index contributed by atoms with van der Waals surface area (Å²) < 4.78 is 0. The average molecular weight is 169 g/mol. The number of hydrogen-bond acceptors (Lipinski definition) is 2. The van der Waals surface area contributed by atoms with Crippen LogP contribution in [0.3, 0.4) is 0 Å². The highest BCUT2D eigenvalue weighted by atomic mass is 16.3. The van der Waals surface area contributed by atoms with Crippen LogP contribution in [-0.4, -0.2) is 17.3 Å². The predicted molar refractivity (Wildman–Crippen MR) is 48.8 cm³/mol. The SMILES string of the molecule is NC1(CO)CCCCCC12CC2. The van der Waals surface area contributed by atoms with E-state index in [0.29, 0.717) is 5.41 Å². The van der Waals surface area contributed by atoms with Gasteiger partial charge in [-0.15, -0.1) is 0 Å². The van der Waals surface area contributed by atoms with Gasteiger partial charge >= 0.3 is 0 Å². The van der Waals surface area contributed by atoms with E-state index in [9.17, 15) is 5.11 Å². The van der Waals surface area contributed by atoms with Crippen molar-refractivity contribution in [3.8, 4) is 0 Å². The smallest absolute Gasteiger partial charge is 0.0616 e. The van der Waals surface area contributed by atoms with Crippen molar-refractivity contribution in [3.05, 3.63) is 0 Å². The Labute approximate surface area is 74.1 Å². The van der Waals surface area contributed by atoms with E-state index in [0.717, 1.165) is 6.42 Å². The van der Waals surface area contributed by atoms with Crippen molar-refractivity contribution in [3.63, 3.8) is 0 Å². The van der Waals surface area contributed by atoms with E-state index in [4.69, 9.17) is 5.73 Å². The third-order valence-electron chi connectivity index (χ3n) is 3.97. The van der Waals surface area contributed by atoms with Gasteiger partial charge in [0.25, 0.3) is 0 Å². The molecule has 1 atom stereocenters. The lowest BCUT2D eigenvalue weighted by Gasteiger charge is -2.35. The zero-order valence-electron chi connectivity index (χ0n) is 7.68. The molecule has 12 heavy (non-hydrogen) atoms. The monoisotopic (exact) mass is 169 g/mol. The second-order valence-corrected chi connectivity index (χ2v) is 4.66.